The van der Waals surface area contributed by atoms with Crippen LogP contribution in [0.3, 0.4) is 0 Å². The minimum absolute atomic E-state index is 0.0768. The van der Waals surface area contributed by atoms with Crippen molar-refractivity contribution in [1.82, 2.24) is 14.6 Å². The van der Waals surface area contributed by atoms with Gasteiger partial charge in [-0.05, 0) is 18.2 Å². The lowest BCUT2D eigenvalue weighted by Crippen LogP contribution is -2.14. The largest absolute Gasteiger partial charge is 0.465 e. The van der Waals surface area contributed by atoms with Crippen LogP contribution < -0.4 is 0 Å². The Bertz CT molecular complexity index is 920. The highest BCUT2D eigenvalue weighted by Crippen LogP contribution is 2.33. The highest BCUT2D eigenvalue weighted by molar-refractivity contribution is 9.10. The van der Waals surface area contributed by atoms with Crippen molar-refractivity contribution in [3.63, 3.8) is 0 Å². The van der Waals surface area contributed by atoms with Crippen LogP contribution in [0.1, 0.15) is 16.1 Å². The van der Waals surface area contributed by atoms with Crippen LogP contribution >= 0.6 is 15.9 Å². The molecule has 0 bridgehead atoms. The molecule has 2 heterocycles. The molecule has 0 aliphatic rings. The molecule has 2 aromatic heterocycles. The number of carbonyl (C=O) groups excluding carboxylic acids is 1. The standard InChI is InChI=1S/C15H9BrF3N3O2/c1-24-14(23)10-7-20-22-12(15(17,18)19)6-11(21-13(10)22)8-2-4-9(16)5-3-8/h2-7H,1H3. The van der Waals surface area contributed by atoms with Crippen molar-refractivity contribution in [2.45, 2.75) is 6.18 Å². The van der Waals surface area contributed by atoms with Crippen LogP contribution in [0.15, 0.2) is 41.0 Å². The van der Waals surface area contributed by atoms with Crippen LogP contribution in [0.25, 0.3) is 16.9 Å². The third-order valence-electron chi connectivity index (χ3n) is 3.31. The van der Waals surface area contributed by atoms with Crippen LogP contribution in [-0.2, 0) is 10.9 Å². The Hall–Kier alpha value is -2.42. The van der Waals surface area contributed by atoms with Crippen molar-refractivity contribution in [3.8, 4) is 11.3 Å². The van der Waals surface area contributed by atoms with E-state index in [1.807, 2.05) is 0 Å². The van der Waals surface area contributed by atoms with Gasteiger partial charge in [0.15, 0.2) is 11.3 Å². The molecular weight excluding hydrogens is 391 g/mol. The number of carbonyl (C=O) groups is 1. The number of benzene rings is 1. The molecular formula is C15H9BrF3N3O2. The summed E-state index contributed by atoms with van der Waals surface area (Å²) in [7, 11) is 1.13. The van der Waals surface area contributed by atoms with Gasteiger partial charge in [0.1, 0.15) is 5.56 Å². The van der Waals surface area contributed by atoms with Crippen molar-refractivity contribution in [1.29, 1.82) is 0 Å². The number of fused-ring (bicyclic) bond motifs is 1. The quantitative estimate of drug-likeness (QED) is 0.612. The average Bonchev–Trinajstić information content (AvgIpc) is 2.96. The van der Waals surface area contributed by atoms with Gasteiger partial charge in [0.25, 0.3) is 0 Å². The molecule has 0 aliphatic carbocycles. The average molecular weight is 400 g/mol. The lowest BCUT2D eigenvalue weighted by atomic mass is 10.1. The first-order chi connectivity index (χ1) is 11.3. The summed E-state index contributed by atoms with van der Waals surface area (Å²) in [4.78, 5) is 15.9. The van der Waals surface area contributed by atoms with Crippen LogP contribution in [0.4, 0.5) is 13.2 Å². The summed E-state index contributed by atoms with van der Waals surface area (Å²) in [5.41, 5.74) is -0.826. The van der Waals surface area contributed by atoms with Crippen molar-refractivity contribution in [2.24, 2.45) is 0 Å². The molecule has 0 atom stereocenters. The van der Waals surface area contributed by atoms with Crippen molar-refractivity contribution >= 4 is 27.5 Å². The summed E-state index contributed by atoms with van der Waals surface area (Å²) >= 11 is 3.26. The Balaban J connectivity index is 2.31. The normalized spacial score (nSPS) is 11.7. The lowest BCUT2D eigenvalue weighted by Gasteiger charge is -2.11. The molecule has 0 saturated heterocycles. The zero-order valence-corrected chi connectivity index (χ0v) is 13.7. The molecule has 0 unspecified atom stereocenters. The molecule has 9 heteroatoms. The molecule has 0 N–H and O–H groups in total. The number of esters is 1. The van der Waals surface area contributed by atoms with Crippen LogP contribution in [0.2, 0.25) is 0 Å². The number of hydrogen-bond acceptors (Lipinski definition) is 4. The fraction of sp³-hybridized carbons (Fsp3) is 0.133. The molecule has 24 heavy (non-hydrogen) atoms. The van der Waals surface area contributed by atoms with E-state index in [1.54, 1.807) is 24.3 Å². The van der Waals surface area contributed by atoms with E-state index in [9.17, 15) is 18.0 Å². The number of aromatic nitrogens is 3. The molecule has 0 fully saturated rings. The summed E-state index contributed by atoms with van der Waals surface area (Å²) in [6, 6.07) is 7.51. The van der Waals surface area contributed by atoms with Gasteiger partial charge in [-0.1, -0.05) is 28.1 Å². The second kappa shape index (κ2) is 5.90. The summed E-state index contributed by atoms with van der Waals surface area (Å²) in [5.74, 6) is -0.807. The summed E-state index contributed by atoms with van der Waals surface area (Å²) < 4.78 is 46.0. The van der Waals surface area contributed by atoms with Gasteiger partial charge in [0.05, 0.1) is 19.0 Å². The third kappa shape index (κ3) is 2.86. The predicted molar refractivity (Wildman–Crippen MR) is 82.5 cm³/mol. The molecule has 0 spiro atoms. The van der Waals surface area contributed by atoms with E-state index in [0.717, 1.165) is 23.8 Å². The molecule has 3 aromatic rings. The summed E-state index contributed by atoms with van der Waals surface area (Å²) in [5, 5.41) is 3.63. The first-order valence-electron chi connectivity index (χ1n) is 6.61. The number of hydrogen-bond donors (Lipinski definition) is 0. The molecule has 1 aromatic carbocycles. The monoisotopic (exact) mass is 399 g/mol. The zero-order chi connectivity index (χ0) is 17.5. The van der Waals surface area contributed by atoms with Crippen molar-refractivity contribution in [2.75, 3.05) is 7.11 Å². The number of rotatable bonds is 2. The molecule has 0 amide bonds. The van der Waals surface area contributed by atoms with Crippen LogP contribution in [-0.4, -0.2) is 27.7 Å². The summed E-state index contributed by atoms with van der Waals surface area (Å²) in [6.07, 6.45) is -3.65. The van der Waals surface area contributed by atoms with Crippen LogP contribution in [0, 0.1) is 0 Å². The van der Waals surface area contributed by atoms with E-state index in [4.69, 9.17) is 0 Å². The number of ether oxygens (including phenoxy) is 1. The summed E-state index contributed by atoms with van der Waals surface area (Å²) in [6.45, 7) is 0. The number of alkyl halides is 3. The van der Waals surface area contributed by atoms with E-state index >= 15 is 0 Å². The Labute approximate surface area is 142 Å². The van der Waals surface area contributed by atoms with Gasteiger partial charge in [-0.25, -0.2) is 14.3 Å². The van der Waals surface area contributed by atoms with E-state index < -0.39 is 17.8 Å². The van der Waals surface area contributed by atoms with Gasteiger partial charge in [-0.2, -0.15) is 18.3 Å². The molecule has 124 valence electrons. The minimum atomic E-state index is -4.66. The fourth-order valence-electron chi connectivity index (χ4n) is 2.19. The van der Waals surface area contributed by atoms with Gasteiger partial charge in [-0.3, -0.25) is 0 Å². The third-order valence-corrected chi connectivity index (χ3v) is 3.84. The zero-order valence-electron chi connectivity index (χ0n) is 12.1. The second-order valence-corrected chi connectivity index (χ2v) is 5.73. The van der Waals surface area contributed by atoms with E-state index in [2.05, 4.69) is 30.7 Å². The molecule has 5 nitrogen and oxygen atoms in total. The van der Waals surface area contributed by atoms with Gasteiger partial charge in [0.2, 0.25) is 0 Å². The highest BCUT2D eigenvalue weighted by Gasteiger charge is 2.36. The maximum absolute atomic E-state index is 13.4. The van der Waals surface area contributed by atoms with E-state index in [0.29, 0.717) is 10.1 Å². The van der Waals surface area contributed by atoms with Crippen molar-refractivity contribution < 1.29 is 22.7 Å². The Morgan fingerprint density at radius 1 is 1.25 bits per heavy atom. The fourth-order valence-corrected chi connectivity index (χ4v) is 2.45. The molecule has 3 rings (SSSR count). The first-order valence-corrected chi connectivity index (χ1v) is 7.41. The van der Waals surface area contributed by atoms with E-state index in [1.165, 1.54) is 0 Å². The maximum Gasteiger partial charge on any atom is 0.433 e. The molecule has 0 saturated carbocycles. The van der Waals surface area contributed by atoms with Gasteiger partial charge in [0, 0.05) is 10.0 Å². The SMILES string of the molecule is COC(=O)c1cnn2c(C(F)(F)F)cc(-c3ccc(Br)cc3)nc12. The Morgan fingerprint density at radius 2 is 1.92 bits per heavy atom. The number of nitrogens with zero attached hydrogens (tertiary/aromatic N) is 3. The smallest absolute Gasteiger partial charge is 0.433 e. The molecule has 0 aliphatic heterocycles. The first kappa shape index (κ1) is 16.4. The van der Waals surface area contributed by atoms with Gasteiger partial charge >= 0.3 is 12.1 Å². The minimum Gasteiger partial charge on any atom is -0.465 e. The highest BCUT2D eigenvalue weighted by atomic mass is 79.9. The van der Waals surface area contributed by atoms with Gasteiger partial charge < -0.3 is 4.74 Å². The van der Waals surface area contributed by atoms with E-state index in [-0.39, 0.29) is 16.9 Å². The molecule has 0 radical (unpaired) electrons. The second-order valence-electron chi connectivity index (χ2n) is 4.82. The maximum atomic E-state index is 13.4. The Kier molecular flexibility index (Phi) is 4.04. The number of halogens is 4. The van der Waals surface area contributed by atoms with Crippen molar-refractivity contribution in [3.05, 3.63) is 52.3 Å². The predicted octanol–water partition coefficient (Wildman–Crippen LogP) is 3.96. The lowest BCUT2D eigenvalue weighted by molar-refractivity contribution is -0.142. The Morgan fingerprint density at radius 3 is 2.50 bits per heavy atom. The topological polar surface area (TPSA) is 56.5 Å². The van der Waals surface area contributed by atoms with Gasteiger partial charge in [-0.15, -0.1) is 0 Å². The van der Waals surface area contributed by atoms with Crippen LogP contribution in [0.5, 0.6) is 0 Å². The number of methoxy groups -OCH3 is 1.